The van der Waals surface area contributed by atoms with Gasteiger partial charge in [-0.05, 0) is 18.2 Å². The zero-order chi connectivity index (χ0) is 13.8. The molecule has 0 spiro atoms. The molecule has 2 aromatic rings. The molecule has 1 aromatic carbocycles. The maximum absolute atomic E-state index is 11.8. The van der Waals surface area contributed by atoms with Gasteiger partial charge in [-0.25, -0.2) is 0 Å². The highest BCUT2D eigenvalue weighted by Gasteiger charge is 2.17. The van der Waals surface area contributed by atoms with Gasteiger partial charge >= 0.3 is 0 Å². The van der Waals surface area contributed by atoms with Crippen molar-refractivity contribution in [3.05, 3.63) is 58.0 Å². The van der Waals surface area contributed by atoms with E-state index in [9.17, 15) is 14.9 Å². The Morgan fingerprint density at radius 3 is 2.68 bits per heavy atom. The third kappa shape index (κ3) is 2.78. The molecule has 0 fully saturated rings. The predicted octanol–water partition coefficient (Wildman–Crippen LogP) is 1.90. The van der Waals surface area contributed by atoms with Gasteiger partial charge < -0.3 is 15.5 Å². The van der Waals surface area contributed by atoms with Gasteiger partial charge in [0.25, 0.3) is 11.6 Å². The molecule has 2 rings (SSSR count). The number of benzene rings is 1. The highest BCUT2D eigenvalue weighted by atomic mass is 16.6. The second-order valence-electron chi connectivity index (χ2n) is 3.70. The zero-order valence-electron chi connectivity index (χ0n) is 9.83. The van der Waals surface area contributed by atoms with E-state index in [0.717, 1.165) is 0 Å². The Balaban J connectivity index is 2.21. The van der Waals surface area contributed by atoms with Gasteiger partial charge in [-0.2, -0.15) is 0 Å². The SMILES string of the molecule is NCc1ccc(C(=O)Nc2ccccc2[N+](=O)[O-])o1. The van der Waals surface area contributed by atoms with Crippen molar-refractivity contribution in [1.82, 2.24) is 0 Å². The predicted molar refractivity (Wildman–Crippen MR) is 67.6 cm³/mol. The minimum Gasteiger partial charge on any atom is -0.455 e. The van der Waals surface area contributed by atoms with Gasteiger partial charge in [-0.3, -0.25) is 14.9 Å². The number of nitro groups is 1. The molecular weight excluding hydrogens is 250 g/mol. The van der Waals surface area contributed by atoms with Crippen LogP contribution in [0.25, 0.3) is 0 Å². The average molecular weight is 261 g/mol. The Kier molecular flexibility index (Phi) is 3.58. The Hall–Kier alpha value is -2.67. The monoisotopic (exact) mass is 261 g/mol. The van der Waals surface area contributed by atoms with Crippen molar-refractivity contribution in [3.8, 4) is 0 Å². The van der Waals surface area contributed by atoms with Gasteiger partial charge in [0, 0.05) is 6.07 Å². The average Bonchev–Trinajstić information content (AvgIpc) is 2.88. The molecule has 0 atom stereocenters. The normalized spacial score (nSPS) is 10.2. The zero-order valence-corrected chi connectivity index (χ0v) is 9.83. The molecule has 0 aliphatic heterocycles. The van der Waals surface area contributed by atoms with E-state index >= 15 is 0 Å². The minimum absolute atomic E-state index is 0.0543. The summed E-state index contributed by atoms with van der Waals surface area (Å²) in [6.07, 6.45) is 0. The molecule has 0 unspecified atom stereocenters. The Labute approximate surface area is 108 Å². The molecule has 0 saturated heterocycles. The van der Waals surface area contributed by atoms with E-state index in [4.69, 9.17) is 10.2 Å². The van der Waals surface area contributed by atoms with Gasteiger partial charge in [0.15, 0.2) is 5.76 Å². The lowest BCUT2D eigenvalue weighted by Gasteiger charge is -2.03. The molecular formula is C12H11N3O4. The standard InChI is InChI=1S/C12H11N3O4/c13-7-8-5-6-11(19-8)12(16)14-9-3-1-2-4-10(9)15(17)18/h1-6H,7,13H2,(H,14,16). The van der Waals surface area contributed by atoms with Crippen molar-refractivity contribution >= 4 is 17.3 Å². The molecule has 0 aliphatic rings. The lowest BCUT2D eigenvalue weighted by molar-refractivity contribution is -0.383. The third-order valence-electron chi connectivity index (χ3n) is 2.44. The van der Waals surface area contributed by atoms with Gasteiger partial charge in [0.05, 0.1) is 11.5 Å². The molecule has 0 saturated carbocycles. The number of furan rings is 1. The Morgan fingerprint density at radius 2 is 2.05 bits per heavy atom. The number of rotatable bonds is 4. The summed E-state index contributed by atoms with van der Waals surface area (Å²) in [4.78, 5) is 22.1. The number of hydrogen-bond donors (Lipinski definition) is 2. The van der Waals surface area contributed by atoms with Crippen LogP contribution in [0.3, 0.4) is 0 Å². The first-order valence-corrected chi connectivity index (χ1v) is 5.45. The number of carbonyl (C=O) groups is 1. The van der Waals surface area contributed by atoms with E-state index in [1.54, 1.807) is 12.1 Å². The van der Waals surface area contributed by atoms with Gasteiger partial charge in [0.2, 0.25) is 0 Å². The number of anilines is 1. The number of amides is 1. The third-order valence-corrected chi connectivity index (χ3v) is 2.44. The molecule has 7 nitrogen and oxygen atoms in total. The number of nitrogens with one attached hydrogen (secondary N) is 1. The fraction of sp³-hybridized carbons (Fsp3) is 0.0833. The number of para-hydroxylation sites is 2. The molecule has 7 heteroatoms. The van der Waals surface area contributed by atoms with Crippen molar-refractivity contribution in [2.75, 3.05) is 5.32 Å². The van der Waals surface area contributed by atoms with Crippen LogP contribution in [0.1, 0.15) is 16.3 Å². The molecule has 98 valence electrons. The first-order chi connectivity index (χ1) is 9.11. The number of nitrogens with zero attached hydrogens (tertiary/aromatic N) is 1. The van der Waals surface area contributed by atoms with Crippen molar-refractivity contribution in [1.29, 1.82) is 0 Å². The second-order valence-corrected chi connectivity index (χ2v) is 3.70. The summed E-state index contributed by atoms with van der Waals surface area (Å²) in [5.74, 6) is -0.0414. The number of nitrogens with two attached hydrogens (primary N) is 1. The highest BCUT2D eigenvalue weighted by Crippen LogP contribution is 2.23. The topological polar surface area (TPSA) is 111 Å². The molecule has 0 aliphatic carbocycles. The summed E-state index contributed by atoms with van der Waals surface area (Å²) in [6.45, 7) is 0.179. The van der Waals surface area contributed by atoms with Crippen LogP contribution >= 0.6 is 0 Å². The van der Waals surface area contributed by atoms with E-state index in [2.05, 4.69) is 5.32 Å². The molecule has 1 heterocycles. The Bertz CT molecular complexity index is 621. The largest absolute Gasteiger partial charge is 0.455 e. The van der Waals surface area contributed by atoms with Crippen molar-refractivity contribution in [3.63, 3.8) is 0 Å². The van der Waals surface area contributed by atoms with Crippen LogP contribution in [0.2, 0.25) is 0 Å². The summed E-state index contributed by atoms with van der Waals surface area (Å²) in [5.41, 5.74) is 5.30. The van der Waals surface area contributed by atoms with Crippen LogP contribution in [0, 0.1) is 10.1 Å². The summed E-state index contributed by atoms with van der Waals surface area (Å²) >= 11 is 0. The highest BCUT2D eigenvalue weighted by molar-refractivity contribution is 6.03. The molecule has 1 amide bonds. The lowest BCUT2D eigenvalue weighted by Crippen LogP contribution is -2.12. The van der Waals surface area contributed by atoms with E-state index in [-0.39, 0.29) is 23.7 Å². The fourth-order valence-corrected chi connectivity index (χ4v) is 1.53. The number of nitro benzene ring substituents is 1. The summed E-state index contributed by atoms with van der Waals surface area (Å²) in [6, 6.07) is 8.91. The number of hydrogen-bond acceptors (Lipinski definition) is 5. The van der Waals surface area contributed by atoms with Crippen molar-refractivity contribution in [2.45, 2.75) is 6.54 Å². The van der Waals surface area contributed by atoms with E-state index in [0.29, 0.717) is 5.76 Å². The molecule has 3 N–H and O–H groups in total. The summed E-state index contributed by atoms with van der Waals surface area (Å²) in [5, 5.41) is 13.2. The fourth-order valence-electron chi connectivity index (χ4n) is 1.53. The maximum Gasteiger partial charge on any atom is 0.292 e. The molecule has 1 aromatic heterocycles. The van der Waals surface area contributed by atoms with E-state index in [1.165, 1.54) is 24.3 Å². The summed E-state index contributed by atoms with van der Waals surface area (Å²) in [7, 11) is 0. The smallest absolute Gasteiger partial charge is 0.292 e. The van der Waals surface area contributed by atoms with Gasteiger partial charge in [0.1, 0.15) is 11.4 Å². The number of carbonyl (C=O) groups excluding carboxylic acids is 1. The van der Waals surface area contributed by atoms with Crippen LogP contribution in [-0.4, -0.2) is 10.8 Å². The van der Waals surface area contributed by atoms with Crippen molar-refractivity contribution in [2.24, 2.45) is 5.73 Å². The first-order valence-electron chi connectivity index (χ1n) is 5.45. The maximum atomic E-state index is 11.8. The van der Waals surface area contributed by atoms with Crippen LogP contribution in [0.4, 0.5) is 11.4 Å². The van der Waals surface area contributed by atoms with Crippen LogP contribution in [-0.2, 0) is 6.54 Å². The Morgan fingerprint density at radius 1 is 1.32 bits per heavy atom. The van der Waals surface area contributed by atoms with E-state index < -0.39 is 10.8 Å². The first kappa shape index (κ1) is 12.8. The molecule has 19 heavy (non-hydrogen) atoms. The van der Waals surface area contributed by atoms with Crippen LogP contribution in [0.5, 0.6) is 0 Å². The molecule has 0 bridgehead atoms. The van der Waals surface area contributed by atoms with Crippen molar-refractivity contribution < 1.29 is 14.1 Å². The summed E-state index contributed by atoms with van der Waals surface area (Å²) < 4.78 is 5.16. The molecule has 0 radical (unpaired) electrons. The quantitative estimate of drug-likeness (QED) is 0.644. The minimum atomic E-state index is -0.566. The lowest BCUT2D eigenvalue weighted by atomic mass is 10.2. The second kappa shape index (κ2) is 5.32. The van der Waals surface area contributed by atoms with Crippen LogP contribution < -0.4 is 11.1 Å². The van der Waals surface area contributed by atoms with Gasteiger partial charge in [-0.1, -0.05) is 12.1 Å². The van der Waals surface area contributed by atoms with E-state index in [1.807, 2.05) is 0 Å². The van der Waals surface area contributed by atoms with Crippen LogP contribution in [0.15, 0.2) is 40.8 Å². The van der Waals surface area contributed by atoms with Gasteiger partial charge in [-0.15, -0.1) is 0 Å².